The molecule has 0 aromatic heterocycles. The molecule has 0 saturated heterocycles. The molecule has 4 nitrogen and oxygen atoms in total. The summed E-state index contributed by atoms with van der Waals surface area (Å²) in [5.41, 5.74) is 2.02. The summed E-state index contributed by atoms with van der Waals surface area (Å²) in [6, 6.07) is 14.5. The molecular weight excluding hydrogens is 403 g/mol. The minimum atomic E-state index is 0.0237. The second-order valence-corrected chi connectivity index (χ2v) is 8.45. The van der Waals surface area contributed by atoms with Gasteiger partial charge < -0.3 is 0 Å². The fraction of sp³-hybridized carbons (Fsp3) is 0.409. The molecule has 0 aliphatic carbocycles. The molecule has 0 saturated carbocycles. The third kappa shape index (κ3) is 5.27. The van der Waals surface area contributed by atoms with Crippen molar-refractivity contribution in [1.82, 2.24) is 4.90 Å². The molecule has 0 aliphatic rings. The average molecular weight is 433 g/mol. The number of carbonyl (C=O) groups is 1. The summed E-state index contributed by atoms with van der Waals surface area (Å²) >= 11 is 0.0237. The Morgan fingerprint density at radius 2 is 1.67 bits per heavy atom. The Balaban J connectivity index is 2.40. The average Bonchev–Trinajstić information content (AvgIpc) is 2.70. The van der Waals surface area contributed by atoms with Crippen LogP contribution in [0.5, 0.6) is 5.75 Å². The summed E-state index contributed by atoms with van der Waals surface area (Å²) < 4.78 is 7.74. The summed E-state index contributed by atoms with van der Waals surface area (Å²) in [5.74, 6) is 0.891. The molecule has 1 amide bonds. The molecule has 0 aliphatic heterocycles. The van der Waals surface area contributed by atoms with E-state index in [1.165, 1.54) is 10.1 Å². The van der Waals surface area contributed by atoms with Gasteiger partial charge >= 0.3 is 170 Å². The van der Waals surface area contributed by atoms with E-state index in [9.17, 15) is 4.79 Å². The van der Waals surface area contributed by atoms with Crippen molar-refractivity contribution in [2.45, 2.75) is 27.7 Å². The van der Waals surface area contributed by atoms with Gasteiger partial charge in [0.1, 0.15) is 0 Å². The van der Waals surface area contributed by atoms with Gasteiger partial charge in [-0.3, -0.25) is 0 Å². The van der Waals surface area contributed by atoms with Gasteiger partial charge in [0, 0.05) is 0 Å². The summed E-state index contributed by atoms with van der Waals surface area (Å²) in [7, 11) is 1.67. The Kier molecular flexibility index (Phi) is 8.21. The fourth-order valence-corrected chi connectivity index (χ4v) is 5.17. The second kappa shape index (κ2) is 10.4. The van der Waals surface area contributed by atoms with E-state index in [1.54, 1.807) is 7.11 Å². The number of hydrogen-bond acceptors (Lipinski definition) is 3. The number of rotatable bonds is 9. The Morgan fingerprint density at radius 3 is 2.26 bits per heavy atom. The van der Waals surface area contributed by atoms with Crippen LogP contribution in [0.3, 0.4) is 0 Å². The van der Waals surface area contributed by atoms with E-state index in [2.05, 4.69) is 43.0 Å². The van der Waals surface area contributed by atoms with E-state index in [-0.39, 0.29) is 20.9 Å². The van der Waals surface area contributed by atoms with Crippen LogP contribution in [-0.4, -0.2) is 59.1 Å². The quantitative estimate of drug-likeness (QED) is 0.570. The van der Waals surface area contributed by atoms with Crippen molar-refractivity contribution in [2.75, 3.05) is 38.2 Å². The molecule has 5 heteroatoms. The SMILES string of the molecule is CCN(CC)C(=O)c1ccc(OC)cc1[Se]c1cccc(N(CC)CC)c1. The molecule has 2 rings (SSSR count). The van der Waals surface area contributed by atoms with Gasteiger partial charge in [0.15, 0.2) is 0 Å². The molecule has 0 atom stereocenters. The van der Waals surface area contributed by atoms with E-state index in [4.69, 9.17) is 4.74 Å². The monoisotopic (exact) mass is 434 g/mol. The molecule has 0 bridgehead atoms. The first-order chi connectivity index (χ1) is 13.1. The zero-order valence-electron chi connectivity index (χ0n) is 17.0. The van der Waals surface area contributed by atoms with Crippen LogP contribution in [0.2, 0.25) is 0 Å². The van der Waals surface area contributed by atoms with Crippen molar-refractivity contribution in [2.24, 2.45) is 0 Å². The molecule has 0 heterocycles. The number of anilines is 1. The summed E-state index contributed by atoms with van der Waals surface area (Å²) in [6.45, 7) is 11.8. The van der Waals surface area contributed by atoms with Crippen LogP contribution in [0.4, 0.5) is 5.69 Å². The van der Waals surface area contributed by atoms with Gasteiger partial charge in [0.25, 0.3) is 0 Å². The second-order valence-electron chi connectivity index (χ2n) is 6.11. The zero-order valence-corrected chi connectivity index (χ0v) is 18.7. The van der Waals surface area contributed by atoms with Gasteiger partial charge in [0.05, 0.1) is 0 Å². The van der Waals surface area contributed by atoms with Gasteiger partial charge in [0.2, 0.25) is 0 Å². The maximum absolute atomic E-state index is 13.0. The van der Waals surface area contributed by atoms with Crippen molar-refractivity contribution in [3.63, 3.8) is 0 Å². The number of ether oxygens (including phenoxy) is 1. The number of carbonyl (C=O) groups excluding carboxylic acids is 1. The van der Waals surface area contributed by atoms with E-state index >= 15 is 0 Å². The third-order valence-electron chi connectivity index (χ3n) is 4.64. The number of amides is 1. The van der Waals surface area contributed by atoms with Gasteiger partial charge in [-0.05, 0) is 0 Å². The first-order valence-corrected chi connectivity index (χ1v) is 11.3. The first-order valence-electron chi connectivity index (χ1n) is 9.57. The first kappa shape index (κ1) is 21.3. The standard InChI is InChI=1S/C22H30N2O2Se/c1-6-23(7-2)17-11-10-12-19(15-17)27-21-16-18(26-5)13-14-20(21)22(25)24(8-3)9-4/h10-16H,6-9H2,1-5H3. The van der Waals surface area contributed by atoms with Gasteiger partial charge in [-0.2, -0.15) is 0 Å². The topological polar surface area (TPSA) is 32.8 Å². The van der Waals surface area contributed by atoms with E-state index in [0.29, 0.717) is 13.1 Å². The van der Waals surface area contributed by atoms with Crippen LogP contribution in [0.1, 0.15) is 38.1 Å². The molecule has 2 aromatic rings. The van der Waals surface area contributed by atoms with Crippen LogP contribution >= 0.6 is 0 Å². The molecular formula is C22H30N2O2Se. The Bertz CT molecular complexity index is 756. The Labute approximate surface area is 169 Å². The number of methoxy groups -OCH3 is 1. The predicted octanol–water partition coefficient (Wildman–Crippen LogP) is 2.68. The number of hydrogen-bond donors (Lipinski definition) is 0. The van der Waals surface area contributed by atoms with Crippen molar-refractivity contribution in [3.05, 3.63) is 48.0 Å². The van der Waals surface area contributed by atoms with Crippen LogP contribution in [0.25, 0.3) is 0 Å². The van der Waals surface area contributed by atoms with E-state index < -0.39 is 0 Å². The summed E-state index contributed by atoms with van der Waals surface area (Å²) in [4.78, 5) is 17.2. The molecule has 0 radical (unpaired) electrons. The van der Waals surface area contributed by atoms with E-state index in [1.807, 2.05) is 36.9 Å². The molecule has 2 aromatic carbocycles. The summed E-state index contributed by atoms with van der Waals surface area (Å²) in [5, 5.41) is 0. The van der Waals surface area contributed by atoms with Crippen molar-refractivity contribution in [3.8, 4) is 5.75 Å². The number of nitrogens with zero attached hydrogens (tertiary/aromatic N) is 2. The summed E-state index contributed by atoms with van der Waals surface area (Å²) in [6.07, 6.45) is 0. The van der Waals surface area contributed by atoms with Gasteiger partial charge in [-0.25, -0.2) is 0 Å². The van der Waals surface area contributed by atoms with Crippen LogP contribution in [0.15, 0.2) is 42.5 Å². The fourth-order valence-electron chi connectivity index (χ4n) is 3.03. The van der Waals surface area contributed by atoms with Crippen molar-refractivity contribution < 1.29 is 9.53 Å². The van der Waals surface area contributed by atoms with Crippen LogP contribution in [0, 0.1) is 0 Å². The van der Waals surface area contributed by atoms with Gasteiger partial charge in [-0.15, -0.1) is 0 Å². The van der Waals surface area contributed by atoms with Crippen LogP contribution in [-0.2, 0) is 0 Å². The van der Waals surface area contributed by atoms with Crippen molar-refractivity contribution >= 4 is 35.5 Å². The third-order valence-corrected chi connectivity index (χ3v) is 6.84. The maximum atomic E-state index is 13.0. The molecule has 0 spiro atoms. The van der Waals surface area contributed by atoms with Gasteiger partial charge in [-0.1, -0.05) is 0 Å². The van der Waals surface area contributed by atoms with E-state index in [0.717, 1.165) is 28.9 Å². The molecule has 0 fully saturated rings. The zero-order chi connectivity index (χ0) is 19.8. The Hall–Kier alpha value is -1.97. The normalized spacial score (nSPS) is 10.6. The molecule has 0 N–H and O–H groups in total. The molecule has 146 valence electrons. The van der Waals surface area contributed by atoms with Crippen molar-refractivity contribution in [1.29, 1.82) is 0 Å². The molecule has 0 unspecified atom stereocenters. The minimum absolute atomic E-state index is 0.0237. The predicted molar refractivity (Wildman–Crippen MR) is 115 cm³/mol. The number of benzene rings is 2. The van der Waals surface area contributed by atoms with Crippen LogP contribution < -0.4 is 18.6 Å². The Morgan fingerprint density at radius 1 is 0.963 bits per heavy atom. The molecule has 27 heavy (non-hydrogen) atoms.